The summed E-state index contributed by atoms with van der Waals surface area (Å²) in [6.07, 6.45) is 5.17. The average molecular weight is 292 g/mol. The summed E-state index contributed by atoms with van der Waals surface area (Å²) >= 11 is 0. The van der Waals surface area contributed by atoms with Gasteiger partial charge in [-0.1, -0.05) is 6.42 Å². The Morgan fingerprint density at radius 3 is 3.10 bits per heavy atom. The second-order valence-corrected chi connectivity index (χ2v) is 6.05. The van der Waals surface area contributed by atoms with E-state index in [-0.39, 0.29) is 5.97 Å². The number of nitrogens with one attached hydrogen (secondary N) is 1. The van der Waals surface area contributed by atoms with Crippen molar-refractivity contribution in [2.24, 2.45) is 0 Å². The fourth-order valence-corrected chi connectivity index (χ4v) is 3.66. The summed E-state index contributed by atoms with van der Waals surface area (Å²) in [5.41, 5.74) is 0.528. The van der Waals surface area contributed by atoms with Gasteiger partial charge in [-0.25, -0.2) is 4.79 Å². The smallest absolute Gasteiger partial charge is 0.341 e. The molecule has 0 aromatic carbocycles. The van der Waals surface area contributed by atoms with Crippen molar-refractivity contribution in [3.8, 4) is 0 Å². The number of hydrogen-bond acceptors (Lipinski definition) is 5. The zero-order chi connectivity index (χ0) is 14.8. The van der Waals surface area contributed by atoms with Gasteiger partial charge in [-0.2, -0.15) is 0 Å². The van der Waals surface area contributed by atoms with Crippen LogP contribution in [-0.2, 0) is 11.3 Å². The van der Waals surface area contributed by atoms with Gasteiger partial charge >= 0.3 is 5.97 Å². The standard InChI is InChI=1S/C16H24N2O3/c1-11-13(16(19)20-2)9-12(21-11)10-17-14-6-8-18-7-4-3-5-15(14)18/h9,14-15,17H,3-8,10H2,1-2H3. The van der Waals surface area contributed by atoms with Crippen LogP contribution in [0.25, 0.3) is 0 Å². The molecule has 1 aromatic rings. The number of furan rings is 1. The number of carbonyl (C=O) groups is 1. The van der Waals surface area contributed by atoms with Crippen LogP contribution in [0, 0.1) is 6.92 Å². The van der Waals surface area contributed by atoms with Gasteiger partial charge in [0.2, 0.25) is 0 Å². The molecule has 2 saturated heterocycles. The van der Waals surface area contributed by atoms with Crippen molar-refractivity contribution in [1.29, 1.82) is 0 Å². The van der Waals surface area contributed by atoms with Crippen LogP contribution in [0.5, 0.6) is 0 Å². The number of methoxy groups -OCH3 is 1. The number of nitrogens with zero attached hydrogens (tertiary/aromatic N) is 1. The van der Waals surface area contributed by atoms with E-state index >= 15 is 0 Å². The van der Waals surface area contributed by atoms with Crippen LogP contribution < -0.4 is 5.32 Å². The van der Waals surface area contributed by atoms with Crippen LogP contribution in [0.15, 0.2) is 10.5 Å². The molecule has 5 nitrogen and oxygen atoms in total. The maximum Gasteiger partial charge on any atom is 0.341 e. The van der Waals surface area contributed by atoms with E-state index in [1.165, 1.54) is 45.9 Å². The number of hydrogen-bond donors (Lipinski definition) is 1. The molecular weight excluding hydrogens is 268 g/mol. The molecule has 2 aliphatic heterocycles. The molecule has 3 heterocycles. The van der Waals surface area contributed by atoms with E-state index in [1.54, 1.807) is 13.0 Å². The molecule has 116 valence electrons. The first-order valence-corrected chi connectivity index (χ1v) is 7.84. The van der Waals surface area contributed by atoms with Gasteiger partial charge in [0.05, 0.1) is 13.7 Å². The highest BCUT2D eigenvalue weighted by Gasteiger charge is 2.35. The molecule has 3 rings (SSSR count). The maximum absolute atomic E-state index is 11.6. The summed E-state index contributed by atoms with van der Waals surface area (Å²) in [6.45, 7) is 4.92. The minimum absolute atomic E-state index is 0.332. The van der Waals surface area contributed by atoms with Crippen molar-refractivity contribution in [3.63, 3.8) is 0 Å². The molecule has 1 aromatic heterocycles. The molecule has 1 N–H and O–H groups in total. The van der Waals surface area contributed by atoms with Gasteiger partial charge in [-0.15, -0.1) is 0 Å². The van der Waals surface area contributed by atoms with E-state index in [9.17, 15) is 4.79 Å². The Balaban J connectivity index is 1.59. The number of carbonyl (C=O) groups excluding carboxylic acids is 1. The van der Waals surface area contributed by atoms with Gasteiger partial charge in [-0.3, -0.25) is 4.90 Å². The van der Waals surface area contributed by atoms with E-state index in [0.29, 0.717) is 30.0 Å². The van der Waals surface area contributed by atoms with Crippen LogP contribution in [0.4, 0.5) is 0 Å². The monoisotopic (exact) mass is 292 g/mol. The minimum atomic E-state index is -0.332. The normalized spacial score (nSPS) is 25.8. The van der Waals surface area contributed by atoms with Gasteiger partial charge < -0.3 is 14.5 Å². The fraction of sp³-hybridized carbons (Fsp3) is 0.688. The van der Waals surface area contributed by atoms with Crippen molar-refractivity contribution < 1.29 is 13.9 Å². The quantitative estimate of drug-likeness (QED) is 0.861. The molecule has 2 aliphatic rings. The largest absolute Gasteiger partial charge is 0.465 e. The Hall–Kier alpha value is -1.33. The first-order chi connectivity index (χ1) is 10.2. The Labute approximate surface area is 125 Å². The summed E-state index contributed by atoms with van der Waals surface area (Å²) in [7, 11) is 1.39. The number of esters is 1. The molecule has 0 amide bonds. The topological polar surface area (TPSA) is 54.7 Å². The zero-order valence-electron chi connectivity index (χ0n) is 12.9. The van der Waals surface area contributed by atoms with Crippen molar-refractivity contribution in [2.45, 2.75) is 51.2 Å². The lowest BCUT2D eigenvalue weighted by Crippen LogP contribution is -2.44. The highest BCUT2D eigenvalue weighted by Crippen LogP contribution is 2.27. The van der Waals surface area contributed by atoms with Gasteiger partial charge in [0, 0.05) is 18.6 Å². The molecular formula is C16H24N2O3. The highest BCUT2D eigenvalue weighted by molar-refractivity contribution is 5.90. The van der Waals surface area contributed by atoms with Crippen molar-refractivity contribution in [2.75, 3.05) is 20.2 Å². The fourth-order valence-electron chi connectivity index (χ4n) is 3.66. The molecule has 2 atom stereocenters. The summed E-state index contributed by atoms with van der Waals surface area (Å²) < 4.78 is 10.4. The van der Waals surface area contributed by atoms with E-state index in [1.807, 2.05) is 0 Å². The molecule has 0 spiro atoms. The van der Waals surface area contributed by atoms with E-state index in [2.05, 4.69) is 10.2 Å². The van der Waals surface area contributed by atoms with E-state index in [4.69, 9.17) is 9.15 Å². The van der Waals surface area contributed by atoms with Crippen molar-refractivity contribution in [1.82, 2.24) is 10.2 Å². The second kappa shape index (κ2) is 6.20. The molecule has 21 heavy (non-hydrogen) atoms. The summed E-state index contributed by atoms with van der Waals surface area (Å²) in [4.78, 5) is 14.2. The number of piperidine rings is 1. The van der Waals surface area contributed by atoms with Crippen molar-refractivity contribution >= 4 is 5.97 Å². The Morgan fingerprint density at radius 2 is 2.29 bits per heavy atom. The number of aryl methyl sites for hydroxylation is 1. The summed E-state index contributed by atoms with van der Waals surface area (Å²) in [5, 5.41) is 3.61. The number of fused-ring (bicyclic) bond motifs is 1. The maximum atomic E-state index is 11.6. The first kappa shape index (κ1) is 14.6. The van der Waals surface area contributed by atoms with Crippen LogP contribution in [0.1, 0.15) is 47.6 Å². The summed E-state index contributed by atoms with van der Waals surface area (Å²) in [6, 6.07) is 3.01. The molecule has 2 unspecified atom stereocenters. The predicted octanol–water partition coefficient (Wildman–Crippen LogP) is 2.09. The molecule has 0 radical (unpaired) electrons. The Morgan fingerprint density at radius 1 is 1.43 bits per heavy atom. The van der Waals surface area contributed by atoms with Gasteiger partial charge in [0.15, 0.2) is 0 Å². The molecule has 0 bridgehead atoms. The zero-order valence-corrected chi connectivity index (χ0v) is 12.9. The van der Waals surface area contributed by atoms with Crippen LogP contribution in [-0.4, -0.2) is 43.2 Å². The lowest BCUT2D eigenvalue weighted by molar-refractivity contribution is 0.0599. The van der Waals surface area contributed by atoms with E-state index < -0.39 is 0 Å². The van der Waals surface area contributed by atoms with Crippen LogP contribution >= 0.6 is 0 Å². The second-order valence-electron chi connectivity index (χ2n) is 6.05. The van der Waals surface area contributed by atoms with Gasteiger partial charge in [-0.05, 0) is 38.8 Å². The third-order valence-corrected chi connectivity index (χ3v) is 4.77. The third kappa shape index (κ3) is 2.99. The molecule has 2 fully saturated rings. The van der Waals surface area contributed by atoms with Crippen LogP contribution in [0.3, 0.4) is 0 Å². The number of rotatable bonds is 4. The number of ether oxygens (including phenoxy) is 1. The lowest BCUT2D eigenvalue weighted by atomic mass is 9.99. The van der Waals surface area contributed by atoms with Gasteiger partial charge in [0.25, 0.3) is 0 Å². The first-order valence-electron chi connectivity index (χ1n) is 7.84. The molecule has 0 aliphatic carbocycles. The van der Waals surface area contributed by atoms with Crippen molar-refractivity contribution in [3.05, 3.63) is 23.2 Å². The highest BCUT2D eigenvalue weighted by atomic mass is 16.5. The lowest BCUT2D eigenvalue weighted by Gasteiger charge is -2.32. The SMILES string of the molecule is COC(=O)c1cc(CNC2CCN3CCCCC23)oc1C. The summed E-state index contributed by atoms with van der Waals surface area (Å²) in [5.74, 6) is 1.10. The average Bonchev–Trinajstić information content (AvgIpc) is 3.08. The Kier molecular flexibility index (Phi) is 4.31. The minimum Gasteiger partial charge on any atom is -0.465 e. The molecule has 5 heteroatoms. The van der Waals surface area contributed by atoms with Gasteiger partial charge in [0.1, 0.15) is 17.1 Å². The predicted molar refractivity (Wildman–Crippen MR) is 79.2 cm³/mol. The Bertz CT molecular complexity index is 512. The molecule has 0 saturated carbocycles. The van der Waals surface area contributed by atoms with E-state index in [0.717, 1.165) is 5.76 Å². The third-order valence-electron chi connectivity index (χ3n) is 4.77. The van der Waals surface area contributed by atoms with Crippen LogP contribution in [0.2, 0.25) is 0 Å².